The van der Waals surface area contributed by atoms with E-state index in [0.717, 1.165) is 18.1 Å². The summed E-state index contributed by atoms with van der Waals surface area (Å²) in [5.41, 5.74) is 2.59. The second-order valence-corrected chi connectivity index (χ2v) is 6.76. The average Bonchev–Trinajstić information content (AvgIpc) is 3.11. The van der Waals surface area contributed by atoms with Crippen LogP contribution in [0.2, 0.25) is 0 Å². The molecule has 0 aliphatic rings. The van der Waals surface area contributed by atoms with Crippen molar-refractivity contribution in [3.63, 3.8) is 0 Å². The molecule has 0 atom stereocenters. The Bertz CT molecular complexity index is 671. The Balaban J connectivity index is 1.64. The van der Waals surface area contributed by atoms with Gasteiger partial charge >= 0.3 is 0 Å². The molecule has 0 unspecified atom stereocenters. The Hall–Kier alpha value is -1.49. The van der Waals surface area contributed by atoms with Crippen LogP contribution < -0.4 is 5.32 Å². The molecule has 2 heterocycles. The highest BCUT2D eigenvalue weighted by atomic mass is 32.1. The summed E-state index contributed by atoms with van der Waals surface area (Å²) in [5.74, 6) is 0. The van der Waals surface area contributed by atoms with Crippen molar-refractivity contribution in [3.05, 3.63) is 63.4 Å². The minimum atomic E-state index is 0.828. The zero-order valence-electron chi connectivity index (χ0n) is 11.3. The molecule has 1 N–H and O–H groups in total. The number of nitrogens with one attached hydrogen (secondary N) is 1. The van der Waals surface area contributed by atoms with Gasteiger partial charge in [0.2, 0.25) is 0 Å². The van der Waals surface area contributed by atoms with Crippen LogP contribution in [-0.4, -0.2) is 4.98 Å². The molecule has 0 saturated heterocycles. The van der Waals surface area contributed by atoms with Gasteiger partial charge in [0.1, 0.15) is 5.01 Å². The van der Waals surface area contributed by atoms with Crippen molar-refractivity contribution >= 4 is 22.7 Å². The van der Waals surface area contributed by atoms with Crippen molar-refractivity contribution < 1.29 is 0 Å². The first-order valence-corrected chi connectivity index (χ1v) is 8.26. The number of thiophene rings is 1. The summed E-state index contributed by atoms with van der Waals surface area (Å²) >= 11 is 3.55. The molecule has 1 aromatic carbocycles. The predicted molar refractivity (Wildman–Crippen MR) is 87.1 cm³/mol. The van der Waals surface area contributed by atoms with Gasteiger partial charge in [0, 0.05) is 24.2 Å². The van der Waals surface area contributed by atoms with Gasteiger partial charge in [-0.15, -0.1) is 22.7 Å². The third-order valence-corrected chi connectivity index (χ3v) is 5.03. The molecule has 0 aliphatic carbocycles. The first-order chi connectivity index (χ1) is 9.83. The van der Waals surface area contributed by atoms with Crippen LogP contribution in [0, 0.1) is 6.92 Å². The number of rotatable bonds is 5. The van der Waals surface area contributed by atoms with E-state index in [1.165, 1.54) is 20.9 Å². The lowest BCUT2D eigenvalue weighted by atomic mass is 10.1. The van der Waals surface area contributed by atoms with Crippen molar-refractivity contribution in [1.29, 1.82) is 0 Å². The second-order valence-electron chi connectivity index (χ2n) is 4.62. The number of hydrogen-bond donors (Lipinski definition) is 1. The van der Waals surface area contributed by atoms with Gasteiger partial charge < -0.3 is 5.32 Å². The van der Waals surface area contributed by atoms with Crippen LogP contribution in [0.25, 0.3) is 10.4 Å². The standard InChI is InChI=1S/C16H16N2S2/c1-12-5-2-3-7-14(12)15-10-18-16(20-15)11-17-9-13-6-4-8-19-13/h2-8,10,17H,9,11H2,1H3. The van der Waals surface area contributed by atoms with E-state index in [0.29, 0.717) is 0 Å². The average molecular weight is 300 g/mol. The van der Waals surface area contributed by atoms with E-state index in [4.69, 9.17) is 0 Å². The highest BCUT2D eigenvalue weighted by molar-refractivity contribution is 7.15. The first kappa shape index (κ1) is 13.5. The Morgan fingerprint density at radius 3 is 2.80 bits per heavy atom. The van der Waals surface area contributed by atoms with Crippen LogP contribution in [0.1, 0.15) is 15.4 Å². The number of nitrogens with zero attached hydrogens (tertiary/aromatic N) is 1. The Morgan fingerprint density at radius 2 is 2.00 bits per heavy atom. The van der Waals surface area contributed by atoms with Crippen molar-refractivity contribution in [2.75, 3.05) is 0 Å². The lowest BCUT2D eigenvalue weighted by Crippen LogP contribution is -2.11. The third kappa shape index (κ3) is 3.15. The zero-order valence-corrected chi connectivity index (χ0v) is 12.9. The van der Waals surface area contributed by atoms with E-state index in [-0.39, 0.29) is 0 Å². The van der Waals surface area contributed by atoms with Gasteiger partial charge in [-0.05, 0) is 29.5 Å². The van der Waals surface area contributed by atoms with Crippen LogP contribution in [0.3, 0.4) is 0 Å². The number of benzene rings is 1. The maximum Gasteiger partial charge on any atom is 0.107 e. The van der Waals surface area contributed by atoms with Crippen molar-refractivity contribution in [1.82, 2.24) is 10.3 Å². The monoisotopic (exact) mass is 300 g/mol. The lowest BCUT2D eigenvalue weighted by molar-refractivity contribution is 0.697. The minimum absolute atomic E-state index is 0.828. The molecule has 0 fully saturated rings. The van der Waals surface area contributed by atoms with Gasteiger partial charge in [-0.2, -0.15) is 0 Å². The normalized spacial score (nSPS) is 10.8. The van der Waals surface area contributed by atoms with E-state index in [1.54, 1.807) is 22.7 Å². The van der Waals surface area contributed by atoms with Gasteiger partial charge in [0.05, 0.1) is 4.88 Å². The smallest absolute Gasteiger partial charge is 0.107 e. The Kier molecular flexibility index (Phi) is 4.25. The van der Waals surface area contributed by atoms with Gasteiger partial charge in [0.15, 0.2) is 0 Å². The van der Waals surface area contributed by atoms with Crippen LogP contribution in [0.4, 0.5) is 0 Å². The molecule has 0 amide bonds. The van der Waals surface area contributed by atoms with Gasteiger partial charge in [-0.1, -0.05) is 30.3 Å². The molecule has 0 saturated carbocycles. The summed E-state index contributed by atoms with van der Waals surface area (Å²) in [6.07, 6.45) is 1.98. The summed E-state index contributed by atoms with van der Waals surface area (Å²) in [6, 6.07) is 12.7. The van der Waals surface area contributed by atoms with Gasteiger partial charge in [-0.3, -0.25) is 0 Å². The van der Waals surface area contributed by atoms with E-state index in [2.05, 4.69) is 59.0 Å². The summed E-state index contributed by atoms with van der Waals surface area (Å²) in [6.45, 7) is 3.88. The van der Waals surface area contributed by atoms with E-state index >= 15 is 0 Å². The highest BCUT2D eigenvalue weighted by Gasteiger charge is 2.06. The highest BCUT2D eigenvalue weighted by Crippen LogP contribution is 2.28. The molecule has 0 radical (unpaired) electrons. The van der Waals surface area contributed by atoms with Crippen LogP contribution in [0.15, 0.2) is 48.0 Å². The van der Waals surface area contributed by atoms with Crippen LogP contribution in [0.5, 0.6) is 0 Å². The largest absolute Gasteiger partial charge is 0.306 e. The first-order valence-electron chi connectivity index (χ1n) is 6.57. The summed E-state index contributed by atoms with van der Waals surface area (Å²) in [7, 11) is 0. The van der Waals surface area contributed by atoms with Gasteiger partial charge in [0.25, 0.3) is 0 Å². The second kappa shape index (κ2) is 6.31. The molecule has 3 rings (SSSR count). The molecule has 102 valence electrons. The van der Waals surface area contributed by atoms with Crippen molar-refractivity contribution in [2.24, 2.45) is 0 Å². The quantitative estimate of drug-likeness (QED) is 0.752. The van der Waals surface area contributed by atoms with Crippen LogP contribution in [-0.2, 0) is 13.1 Å². The topological polar surface area (TPSA) is 24.9 Å². The number of aryl methyl sites for hydroxylation is 1. The maximum atomic E-state index is 4.51. The number of aromatic nitrogens is 1. The minimum Gasteiger partial charge on any atom is -0.306 e. The fourth-order valence-corrected chi connectivity index (χ4v) is 3.72. The van der Waals surface area contributed by atoms with Crippen LogP contribution >= 0.6 is 22.7 Å². The fourth-order valence-electron chi connectivity index (χ4n) is 2.07. The van der Waals surface area contributed by atoms with Crippen molar-refractivity contribution in [2.45, 2.75) is 20.0 Å². The lowest BCUT2D eigenvalue weighted by Gasteiger charge is -2.01. The fraction of sp³-hybridized carbons (Fsp3) is 0.188. The maximum absolute atomic E-state index is 4.51. The van der Waals surface area contributed by atoms with Crippen molar-refractivity contribution in [3.8, 4) is 10.4 Å². The molecule has 0 aliphatic heterocycles. The number of hydrogen-bond acceptors (Lipinski definition) is 4. The SMILES string of the molecule is Cc1ccccc1-c1cnc(CNCc2cccs2)s1. The number of thiazole rings is 1. The molecule has 2 nitrogen and oxygen atoms in total. The Labute approximate surface area is 127 Å². The molecule has 20 heavy (non-hydrogen) atoms. The molecule has 4 heteroatoms. The molecule has 0 spiro atoms. The summed E-state index contributed by atoms with van der Waals surface area (Å²) in [5, 5.41) is 6.69. The molecule has 3 aromatic rings. The molecule has 2 aromatic heterocycles. The molecular weight excluding hydrogens is 284 g/mol. The van der Waals surface area contributed by atoms with E-state index < -0.39 is 0 Å². The van der Waals surface area contributed by atoms with Gasteiger partial charge in [-0.25, -0.2) is 4.98 Å². The third-order valence-electron chi connectivity index (χ3n) is 3.12. The summed E-state index contributed by atoms with van der Waals surface area (Å²) < 4.78 is 0. The molecular formula is C16H16N2S2. The zero-order chi connectivity index (χ0) is 13.8. The summed E-state index contributed by atoms with van der Waals surface area (Å²) in [4.78, 5) is 7.12. The predicted octanol–water partition coefficient (Wildman–Crippen LogP) is 4.47. The van der Waals surface area contributed by atoms with E-state index in [1.807, 2.05) is 6.20 Å². The Morgan fingerprint density at radius 1 is 1.10 bits per heavy atom. The van der Waals surface area contributed by atoms with E-state index in [9.17, 15) is 0 Å². The molecule has 0 bridgehead atoms.